The van der Waals surface area contributed by atoms with Crippen molar-refractivity contribution in [1.82, 2.24) is 0 Å². The zero-order valence-electron chi connectivity index (χ0n) is 7.57. The van der Waals surface area contributed by atoms with Crippen LogP contribution in [0.15, 0.2) is 18.2 Å². The molecule has 0 heterocycles. The van der Waals surface area contributed by atoms with Gasteiger partial charge >= 0.3 is 0 Å². The van der Waals surface area contributed by atoms with Crippen molar-refractivity contribution in [2.24, 2.45) is 5.73 Å². The molecule has 0 aliphatic heterocycles. The average Bonchev–Trinajstić information content (AvgIpc) is 2.07. The Morgan fingerprint density at radius 3 is 2.71 bits per heavy atom. The molecule has 14 heavy (non-hydrogen) atoms. The molecule has 1 rings (SSSR count). The van der Waals surface area contributed by atoms with E-state index >= 15 is 0 Å². The number of aromatic hydroxyl groups is 1. The Bertz CT molecular complexity index is 390. The van der Waals surface area contributed by atoms with E-state index in [-0.39, 0.29) is 22.2 Å². The normalized spacial score (nSPS) is 9.50. The van der Waals surface area contributed by atoms with Gasteiger partial charge in [-0.05, 0) is 31.3 Å². The molecule has 0 radical (unpaired) electrons. The van der Waals surface area contributed by atoms with Crippen molar-refractivity contribution < 1.29 is 9.90 Å². The van der Waals surface area contributed by atoms with Crippen LogP contribution in [0.1, 0.15) is 17.3 Å². The first-order valence-corrected chi connectivity index (χ1v) is 4.32. The monoisotopic (exact) mass is 210 g/mol. The van der Waals surface area contributed by atoms with Gasteiger partial charge in [0, 0.05) is 0 Å². The van der Waals surface area contributed by atoms with Gasteiger partial charge in [-0.25, -0.2) is 0 Å². The van der Waals surface area contributed by atoms with E-state index < -0.39 is 0 Å². The van der Waals surface area contributed by atoms with E-state index in [1.54, 1.807) is 12.1 Å². The third-order valence-electron chi connectivity index (χ3n) is 1.67. The van der Waals surface area contributed by atoms with Crippen LogP contribution in [0.3, 0.4) is 0 Å². The number of benzene rings is 1. The van der Waals surface area contributed by atoms with Gasteiger partial charge in [0.2, 0.25) is 0 Å². The number of carbonyl (C=O) groups excluding carboxylic acids is 1. The number of hydrogen-bond acceptors (Lipinski definition) is 3. The average molecular weight is 210 g/mol. The van der Waals surface area contributed by atoms with E-state index in [2.05, 4.69) is 17.5 Å². The predicted molar refractivity (Wildman–Crippen MR) is 58.5 cm³/mol. The maximum atomic E-state index is 11.1. The number of Topliss-reactive ketones (excluding diaryl/α,β-unsaturated/α-hetero) is 1. The smallest absolute Gasteiger partial charge is 0.168 e. The van der Waals surface area contributed by atoms with Crippen molar-refractivity contribution in [1.29, 1.82) is 0 Å². The number of carbonyl (C=O) groups is 1. The minimum atomic E-state index is -0.214. The summed E-state index contributed by atoms with van der Waals surface area (Å²) in [6.45, 7) is 1.37. The molecule has 0 aromatic heterocycles. The predicted octanol–water partition coefficient (Wildman–Crippen LogP) is 1.25. The van der Waals surface area contributed by atoms with Gasteiger partial charge in [0.1, 0.15) is 5.75 Å². The molecule has 0 amide bonds. The van der Waals surface area contributed by atoms with E-state index in [0.717, 1.165) is 0 Å². The Kier molecular flexibility index (Phi) is 3.03. The molecule has 1 aromatic rings. The second-order valence-corrected chi connectivity index (χ2v) is 3.19. The van der Waals surface area contributed by atoms with Crippen molar-refractivity contribution >= 4 is 28.8 Å². The molecule has 4 nitrogen and oxygen atoms in total. The fraction of sp³-hybridized carbons (Fsp3) is 0.111. The van der Waals surface area contributed by atoms with Crippen molar-refractivity contribution in [2.75, 3.05) is 5.32 Å². The molecular weight excluding hydrogens is 200 g/mol. The zero-order valence-corrected chi connectivity index (χ0v) is 8.39. The number of ketones is 1. The lowest BCUT2D eigenvalue weighted by molar-refractivity contribution is 0.101. The Labute approximate surface area is 86.7 Å². The van der Waals surface area contributed by atoms with Crippen LogP contribution >= 0.6 is 12.2 Å². The van der Waals surface area contributed by atoms with Gasteiger partial charge in [0.15, 0.2) is 10.9 Å². The summed E-state index contributed by atoms with van der Waals surface area (Å²) in [5.74, 6) is -0.345. The largest absolute Gasteiger partial charge is 0.505 e. The topological polar surface area (TPSA) is 75.4 Å². The Hall–Kier alpha value is -1.62. The number of phenols is 1. The molecule has 0 unspecified atom stereocenters. The Morgan fingerprint density at radius 2 is 2.21 bits per heavy atom. The summed E-state index contributed by atoms with van der Waals surface area (Å²) in [5.41, 5.74) is 5.82. The molecule has 0 bridgehead atoms. The highest BCUT2D eigenvalue weighted by Crippen LogP contribution is 2.27. The van der Waals surface area contributed by atoms with Gasteiger partial charge in [-0.3, -0.25) is 4.79 Å². The van der Waals surface area contributed by atoms with Gasteiger partial charge < -0.3 is 16.2 Å². The third-order valence-corrected chi connectivity index (χ3v) is 1.78. The highest BCUT2D eigenvalue weighted by atomic mass is 32.1. The lowest BCUT2D eigenvalue weighted by atomic mass is 10.1. The molecule has 0 saturated carbocycles. The number of thiocarbonyl (C=S) groups is 1. The fourth-order valence-electron chi connectivity index (χ4n) is 1.06. The lowest BCUT2D eigenvalue weighted by Crippen LogP contribution is -2.19. The molecule has 1 aromatic carbocycles. The van der Waals surface area contributed by atoms with Crippen LogP contribution in [0.5, 0.6) is 5.75 Å². The second-order valence-electron chi connectivity index (χ2n) is 2.75. The summed E-state index contributed by atoms with van der Waals surface area (Å²) in [5, 5.41) is 12.2. The number of nitrogens with one attached hydrogen (secondary N) is 1. The molecule has 0 spiro atoms. The summed E-state index contributed by atoms with van der Waals surface area (Å²) in [4.78, 5) is 11.1. The number of nitrogens with two attached hydrogens (primary N) is 1. The minimum Gasteiger partial charge on any atom is -0.505 e. The third kappa shape index (κ3) is 2.20. The molecule has 0 aliphatic rings. The quantitative estimate of drug-likeness (QED) is 0.389. The van der Waals surface area contributed by atoms with Crippen molar-refractivity contribution in [3.8, 4) is 5.75 Å². The lowest BCUT2D eigenvalue weighted by Gasteiger charge is -2.08. The summed E-state index contributed by atoms with van der Waals surface area (Å²) >= 11 is 4.62. The zero-order chi connectivity index (χ0) is 10.7. The van der Waals surface area contributed by atoms with Crippen molar-refractivity contribution in [3.63, 3.8) is 0 Å². The van der Waals surface area contributed by atoms with Gasteiger partial charge in [0.25, 0.3) is 0 Å². The van der Waals surface area contributed by atoms with Crippen LogP contribution in [0, 0.1) is 0 Å². The molecular formula is C9H10N2O2S. The van der Waals surface area contributed by atoms with Crippen LogP contribution in [0.4, 0.5) is 5.69 Å². The van der Waals surface area contributed by atoms with Gasteiger partial charge in [-0.15, -0.1) is 0 Å². The van der Waals surface area contributed by atoms with E-state index in [0.29, 0.717) is 5.69 Å². The van der Waals surface area contributed by atoms with Crippen molar-refractivity contribution in [2.45, 2.75) is 6.92 Å². The molecule has 0 atom stereocenters. The van der Waals surface area contributed by atoms with Crippen LogP contribution in [-0.2, 0) is 0 Å². The van der Waals surface area contributed by atoms with Gasteiger partial charge in [-0.1, -0.05) is 6.07 Å². The summed E-state index contributed by atoms with van der Waals surface area (Å²) < 4.78 is 0. The minimum absolute atomic E-state index is 0.0426. The summed E-state index contributed by atoms with van der Waals surface area (Å²) in [6.07, 6.45) is 0. The number of anilines is 1. The Balaban J connectivity index is 3.13. The molecule has 0 saturated heterocycles. The van der Waals surface area contributed by atoms with Gasteiger partial charge in [-0.2, -0.15) is 0 Å². The number of para-hydroxylation sites is 1. The summed E-state index contributed by atoms with van der Waals surface area (Å²) in [7, 11) is 0. The first-order valence-electron chi connectivity index (χ1n) is 3.91. The fourth-order valence-corrected chi connectivity index (χ4v) is 1.17. The highest BCUT2D eigenvalue weighted by Gasteiger charge is 2.10. The first-order chi connectivity index (χ1) is 6.52. The SMILES string of the molecule is CC(=O)c1cccc(NC(N)=S)c1O. The number of hydrogen-bond donors (Lipinski definition) is 3. The first kappa shape index (κ1) is 10.5. The molecule has 74 valence electrons. The number of rotatable bonds is 2. The van der Waals surface area contributed by atoms with Crippen LogP contribution in [0.25, 0.3) is 0 Å². The molecule has 4 N–H and O–H groups in total. The summed E-state index contributed by atoms with van der Waals surface area (Å²) in [6, 6.07) is 4.75. The van der Waals surface area contributed by atoms with E-state index in [1.807, 2.05) is 0 Å². The van der Waals surface area contributed by atoms with Crippen LogP contribution in [0.2, 0.25) is 0 Å². The maximum absolute atomic E-state index is 11.1. The molecule has 5 heteroatoms. The second kappa shape index (κ2) is 4.06. The van der Waals surface area contributed by atoms with Crippen molar-refractivity contribution in [3.05, 3.63) is 23.8 Å². The maximum Gasteiger partial charge on any atom is 0.168 e. The molecule has 0 aliphatic carbocycles. The number of phenolic OH excluding ortho intramolecular Hbond substituents is 1. The van der Waals surface area contributed by atoms with E-state index in [1.165, 1.54) is 13.0 Å². The van der Waals surface area contributed by atoms with E-state index in [4.69, 9.17) is 5.73 Å². The highest BCUT2D eigenvalue weighted by molar-refractivity contribution is 7.80. The van der Waals surface area contributed by atoms with Gasteiger partial charge in [0.05, 0.1) is 11.3 Å². The Morgan fingerprint density at radius 1 is 1.57 bits per heavy atom. The standard InChI is InChI=1S/C9H10N2O2S/c1-5(12)6-3-2-4-7(8(6)13)11-9(10)14/h2-4,13H,1H3,(H3,10,11,14). The molecule has 0 fully saturated rings. The van der Waals surface area contributed by atoms with E-state index in [9.17, 15) is 9.90 Å². The van der Waals surface area contributed by atoms with Crippen LogP contribution < -0.4 is 11.1 Å². The van der Waals surface area contributed by atoms with Crippen LogP contribution in [-0.4, -0.2) is 16.0 Å².